The summed E-state index contributed by atoms with van der Waals surface area (Å²) in [7, 11) is 1.69. The minimum Gasteiger partial charge on any atom is -0.494 e. The number of aryl methyl sites for hydroxylation is 1. The van der Waals surface area contributed by atoms with Crippen LogP contribution in [0.2, 0.25) is 0 Å². The maximum Gasteiger partial charge on any atom is 0.146 e. The van der Waals surface area contributed by atoms with Gasteiger partial charge >= 0.3 is 0 Å². The van der Waals surface area contributed by atoms with Gasteiger partial charge in [-0.3, -0.25) is 0 Å². The number of methoxy groups -OCH3 is 1. The summed E-state index contributed by atoms with van der Waals surface area (Å²) in [5.41, 5.74) is 2.13. The third kappa shape index (κ3) is 2.39. The van der Waals surface area contributed by atoms with E-state index in [4.69, 9.17) is 21.3 Å². The van der Waals surface area contributed by atoms with Crippen molar-refractivity contribution in [1.82, 2.24) is 9.55 Å². The van der Waals surface area contributed by atoms with Gasteiger partial charge in [-0.25, -0.2) is 4.98 Å². The second kappa shape index (κ2) is 6.04. The van der Waals surface area contributed by atoms with Gasteiger partial charge in [-0.15, -0.1) is 11.6 Å². The van der Waals surface area contributed by atoms with Crippen molar-refractivity contribution in [1.29, 1.82) is 0 Å². The van der Waals surface area contributed by atoms with E-state index in [2.05, 4.69) is 31.4 Å². The Labute approximate surface area is 125 Å². The fourth-order valence-corrected chi connectivity index (χ4v) is 2.88. The number of ether oxygens (including phenoxy) is 1. The van der Waals surface area contributed by atoms with E-state index in [0.717, 1.165) is 41.9 Å². The zero-order valence-electron chi connectivity index (χ0n) is 12.7. The molecule has 110 valence electrons. The summed E-state index contributed by atoms with van der Waals surface area (Å²) >= 11 is 5.96. The van der Waals surface area contributed by atoms with Gasteiger partial charge in [0.2, 0.25) is 0 Å². The normalized spacial score (nSPS) is 12.1. The summed E-state index contributed by atoms with van der Waals surface area (Å²) in [6, 6.07) is 6.10. The maximum atomic E-state index is 5.96. The lowest BCUT2D eigenvalue weighted by molar-refractivity contribution is 0.294. The second-order valence-electron chi connectivity index (χ2n) is 5.33. The molecule has 1 heterocycles. The number of hydrogen-bond acceptors (Lipinski definition) is 2. The average Bonchev–Trinajstić information content (AvgIpc) is 2.85. The Morgan fingerprint density at radius 2 is 2.00 bits per heavy atom. The van der Waals surface area contributed by atoms with Crippen LogP contribution in [0, 0.1) is 0 Å². The highest BCUT2D eigenvalue weighted by molar-refractivity contribution is 6.17. The van der Waals surface area contributed by atoms with E-state index >= 15 is 0 Å². The van der Waals surface area contributed by atoms with Crippen LogP contribution in [-0.2, 0) is 12.0 Å². The van der Waals surface area contributed by atoms with Crippen molar-refractivity contribution in [3.05, 3.63) is 24.0 Å². The average molecular weight is 295 g/mol. The summed E-state index contributed by atoms with van der Waals surface area (Å²) in [6.07, 6.45) is 2.89. The second-order valence-corrected chi connectivity index (χ2v) is 5.71. The molecule has 0 saturated carbocycles. The summed E-state index contributed by atoms with van der Waals surface area (Å²) in [6.45, 7) is 6.73. The van der Waals surface area contributed by atoms with Gasteiger partial charge in [-0.2, -0.15) is 0 Å². The molecule has 3 nitrogen and oxygen atoms in total. The smallest absolute Gasteiger partial charge is 0.146 e. The van der Waals surface area contributed by atoms with Gasteiger partial charge in [0.15, 0.2) is 0 Å². The first-order chi connectivity index (χ1) is 9.61. The molecule has 0 aliphatic heterocycles. The number of fused-ring (bicyclic) bond motifs is 1. The number of rotatable bonds is 6. The Morgan fingerprint density at radius 1 is 1.30 bits per heavy atom. The number of para-hydroxylation sites is 1. The van der Waals surface area contributed by atoms with Gasteiger partial charge in [0.1, 0.15) is 17.1 Å². The maximum absolute atomic E-state index is 5.96. The molecular weight excluding hydrogens is 272 g/mol. The largest absolute Gasteiger partial charge is 0.494 e. The number of imidazole rings is 1. The first kappa shape index (κ1) is 15.2. The molecule has 20 heavy (non-hydrogen) atoms. The summed E-state index contributed by atoms with van der Waals surface area (Å²) in [5, 5.41) is 0. The van der Waals surface area contributed by atoms with Gasteiger partial charge in [0.25, 0.3) is 0 Å². The molecule has 0 spiro atoms. The van der Waals surface area contributed by atoms with E-state index < -0.39 is 0 Å². The van der Waals surface area contributed by atoms with Crippen LogP contribution in [0.4, 0.5) is 0 Å². The molecule has 0 unspecified atom stereocenters. The van der Waals surface area contributed by atoms with Gasteiger partial charge in [-0.1, -0.05) is 19.9 Å². The Hall–Kier alpha value is -1.22. The first-order valence-corrected chi connectivity index (χ1v) is 7.75. The molecule has 0 N–H and O–H groups in total. The fourth-order valence-electron chi connectivity index (χ4n) is 2.71. The molecule has 2 aromatic rings. The molecule has 0 aliphatic rings. The number of hydrogen-bond donors (Lipinski definition) is 0. The van der Waals surface area contributed by atoms with Crippen molar-refractivity contribution in [3.63, 3.8) is 0 Å². The van der Waals surface area contributed by atoms with Gasteiger partial charge in [0.05, 0.1) is 12.6 Å². The lowest BCUT2D eigenvalue weighted by Crippen LogP contribution is -2.30. The van der Waals surface area contributed by atoms with E-state index in [-0.39, 0.29) is 5.54 Å². The standard InChI is InChI=1S/C16H23ClN2O/c1-5-16(3,6-2)19-12-8-7-9-13(20-4)15(12)18-14(19)10-11-17/h7-9H,5-6,10-11H2,1-4H3. The van der Waals surface area contributed by atoms with Crippen LogP contribution in [-0.4, -0.2) is 22.5 Å². The Morgan fingerprint density at radius 3 is 2.55 bits per heavy atom. The summed E-state index contributed by atoms with van der Waals surface area (Å²) < 4.78 is 7.80. The first-order valence-electron chi connectivity index (χ1n) is 7.22. The predicted octanol–water partition coefficient (Wildman–Crippen LogP) is 4.36. The van der Waals surface area contributed by atoms with Crippen LogP contribution < -0.4 is 4.74 Å². The lowest BCUT2D eigenvalue weighted by Gasteiger charge is -2.31. The summed E-state index contributed by atoms with van der Waals surface area (Å²) in [5.74, 6) is 2.45. The van der Waals surface area contributed by atoms with Crippen molar-refractivity contribution < 1.29 is 4.74 Å². The van der Waals surface area contributed by atoms with Crippen LogP contribution in [0.5, 0.6) is 5.75 Å². The number of aromatic nitrogens is 2. The SMILES string of the molecule is CCC(C)(CC)n1c(CCCl)nc2c(OC)cccc21. The zero-order valence-corrected chi connectivity index (χ0v) is 13.5. The molecule has 0 aliphatic carbocycles. The van der Waals surface area contributed by atoms with Crippen LogP contribution in [0.15, 0.2) is 18.2 Å². The molecular formula is C16H23ClN2O. The number of halogens is 1. The van der Waals surface area contributed by atoms with Crippen molar-refractivity contribution in [3.8, 4) is 5.75 Å². The fraction of sp³-hybridized carbons (Fsp3) is 0.562. The molecule has 0 fully saturated rings. The van der Waals surface area contributed by atoms with Crippen molar-refractivity contribution in [2.24, 2.45) is 0 Å². The number of nitrogens with zero attached hydrogens (tertiary/aromatic N) is 2. The third-order valence-electron chi connectivity index (χ3n) is 4.32. The van der Waals surface area contributed by atoms with E-state index in [0.29, 0.717) is 5.88 Å². The molecule has 0 bridgehead atoms. The van der Waals surface area contributed by atoms with Gasteiger partial charge in [0, 0.05) is 17.8 Å². The van der Waals surface area contributed by atoms with Crippen molar-refractivity contribution in [2.75, 3.05) is 13.0 Å². The molecule has 0 saturated heterocycles. The highest BCUT2D eigenvalue weighted by atomic mass is 35.5. The highest BCUT2D eigenvalue weighted by Gasteiger charge is 2.27. The predicted molar refractivity (Wildman–Crippen MR) is 84.9 cm³/mol. The molecule has 2 rings (SSSR count). The van der Waals surface area contributed by atoms with E-state index in [1.54, 1.807) is 7.11 Å². The molecule has 0 atom stereocenters. The van der Waals surface area contributed by atoms with E-state index in [9.17, 15) is 0 Å². The zero-order chi connectivity index (χ0) is 14.8. The minimum absolute atomic E-state index is 0.0580. The quantitative estimate of drug-likeness (QED) is 0.740. The van der Waals surface area contributed by atoms with Crippen LogP contribution in [0.1, 0.15) is 39.4 Å². The number of alkyl halides is 1. The van der Waals surface area contributed by atoms with E-state index in [1.807, 2.05) is 12.1 Å². The highest BCUT2D eigenvalue weighted by Crippen LogP contribution is 2.34. The Balaban J connectivity index is 2.75. The monoisotopic (exact) mass is 294 g/mol. The van der Waals surface area contributed by atoms with Crippen LogP contribution >= 0.6 is 11.6 Å². The van der Waals surface area contributed by atoms with Crippen LogP contribution in [0.25, 0.3) is 11.0 Å². The van der Waals surface area contributed by atoms with Gasteiger partial charge in [-0.05, 0) is 31.9 Å². The van der Waals surface area contributed by atoms with E-state index in [1.165, 1.54) is 0 Å². The van der Waals surface area contributed by atoms with Crippen molar-refractivity contribution in [2.45, 2.75) is 45.6 Å². The Bertz CT molecular complexity index is 587. The molecule has 0 amide bonds. The number of benzene rings is 1. The summed E-state index contributed by atoms with van der Waals surface area (Å²) in [4.78, 5) is 4.79. The van der Waals surface area contributed by atoms with Crippen LogP contribution in [0.3, 0.4) is 0 Å². The Kier molecular flexibility index (Phi) is 4.59. The lowest BCUT2D eigenvalue weighted by atomic mass is 9.94. The molecule has 1 aromatic carbocycles. The van der Waals surface area contributed by atoms with Crippen molar-refractivity contribution >= 4 is 22.6 Å². The third-order valence-corrected chi connectivity index (χ3v) is 4.51. The topological polar surface area (TPSA) is 27.1 Å². The molecule has 4 heteroatoms. The van der Waals surface area contributed by atoms with Gasteiger partial charge < -0.3 is 9.30 Å². The minimum atomic E-state index is 0.0580. The molecule has 1 aromatic heterocycles. The molecule has 0 radical (unpaired) electrons.